The number of ether oxygens (including phenoxy) is 1. The molecule has 1 fully saturated rings. The fraction of sp³-hybridized carbons (Fsp3) is 0.571. The van der Waals surface area contributed by atoms with Crippen molar-refractivity contribution in [3.8, 4) is 0 Å². The Bertz CT molecular complexity index is 573. The summed E-state index contributed by atoms with van der Waals surface area (Å²) >= 11 is 0. The van der Waals surface area contributed by atoms with Crippen molar-refractivity contribution in [3.63, 3.8) is 0 Å². The van der Waals surface area contributed by atoms with Gasteiger partial charge in [-0.2, -0.15) is 0 Å². The lowest BCUT2D eigenvalue weighted by atomic mass is 10.0. The Kier molecular flexibility index (Phi) is 3.26. The van der Waals surface area contributed by atoms with E-state index in [9.17, 15) is 12.8 Å². The third-order valence-electron chi connectivity index (χ3n) is 3.51. The molecule has 2 rings (SSSR count). The summed E-state index contributed by atoms with van der Waals surface area (Å²) in [6, 6.07) is 4.96. The SMILES string of the molecule is CC1(C)CC(S(=O)(=O)c2ccc(F)cc2)C(C)(C)O1. The van der Waals surface area contributed by atoms with Gasteiger partial charge in [-0.05, 0) is 58.4 Å². The van der Waals surface area contributed by atoms with E-state index in [0.29, 0.717) is 6.42 Å². The number of rotatable bonds is 2. The lowest BCUT2D eigenvalue weighted by Gasteiger charge is -2.27. The van der Waals surface area contributed by atoms with Gasteiger partial charge in [-0.25, -0.2) is 12.8 Å². The topological polar surface area (TPSA) is 43.4 Å². The maximum Gasteiger partial charge on any atom is 0.184 e. The molecule has 1 aromatic carbocycles. The number of hydrogen-bond acceptors (Lipinski definition) is 3. The summed E-state index contributed by atoms with van der Waals surface area (Å²) in [5.74, 6) is -0.443. The van der Waals surface area contributed by atoms with E-state index in [0.717, 1.165) is 0 Å². The molecule has 1 unspecified atom stereocenters. The van der Waals surface area contributed by atoms with Crippen LogP contribution in [-0.2, 0) is 14.6 Å². The molecule has 0 saturated carbocycles. The predicted octanol–water partition coefficient (Wildman–Crippen LogP) is 2.95. The van der Waals surface area contributed by atoms with Gasteiger partial charge in [0.15, 0.2) is 9.84 Å². The van der Waals surface area contributed by atoms with Crippen LogP contribution in [0.1, 0.15) is 34.1 Å². The molecule has 19 heavy (non-hydrogen) atoms. The summed E-state index contributed by atoms with van der Waals surface area (Å²) in [5, 5.41) is -0.625. The molecule has 5 heteroatoms. The van der Waals surface area contributed by atoms with Gasteiger partial charge in [0.2, 0.25) is 0 Å². The zero-order chi connectivity index (χ0) is 14.5. The Balaban J connectivity index is 2.43. The zero-order valence-electron chi connectivity index (χ0n) is 11.6. The van der Waals surface area contributed by atoms with Crippen LogP contribution in [0.25, 0.3) is 0 Å². The number of hydrogen-bond donors (Lipinski definition) is 0. The van der Waals surface area contributed by atoms with Crippen LogP contribution < -0.4 is 0 Å². The van der Waals surface area contributed by atoms with Crippen LogP contribution in [0, 0.1) is 5.82 Å². The molecule has 1 aliphatic heterocycles. The van der Waals surface area contributed by atoms with E-state index >= 15 is 0 Å². The van der Waals surface area contributed by atoms with Crippen LogP contribution in [0.15, 0.2) is 29.2 Å². The van der Waals surface area contributed by atoms with Crippen LogP contribution in [-0.4, -0.2) is 24.9 Å². The third kappa shape index (κ3) is 2.67. The fourth-order valence-electron chi connectivity index (χ4n) is 2.78. The van der Waals surface area contributed by atoms with Crippen molar-refractivity contribution in [1.82, 2.24) is 0 Å². The molecule has 0 N–H and O–H groups in total. The molecular formula is C14H19FO3S. The fourth-order valence-corrected chi connectivity index (χ4v) is 5.04. The minimum Gasteiger partial charge on any atom is -0.368 e. The van der Waals surface area contributed by atoms with E-state index < -0.39 is 32.1 Å². The largest absolute Gasteiger partial charge is 0.368 e. The molecule has 3 nitrogen and oxygen atoms in total. The molecule has 1 saturated heterocycles. The van der Waals surface area contributed by atoms with Crippen LogP contribution in [0.3, 0.4) is 0 Å². The highest BCUT2D eigenvalue weighted by Crippen LogP contribution is 2.42. The molecule has 0 spiro atoms. The highest BCUT2D eigenvalue weighted by Gasteiger charge is 2.52. The lowest BCUT2D eigenvalue weighted by molar-refractivity contribution is -0.0635. The molecule has 1 aliphatic rings. The average Bonchev–Trinajstić information content (AvgIpc) is 2.48. The second-order valence-electron chi connectivity index (χ2n) is 6.16. The summed E-state index contributed by atoms with van der Waals surface area (Å²) in [4.78, 5) is 0.147. The van der Waals surface area contributed by atoms with Gasteiger partial charge in [-0.1, -0.05) is 0 Å². The van der Waals surface area contributed by atoms with Gasteiger partial charge in [-0.15, -0.1) is 0 Å². The maximum atomic E-state index is 12.9. The van der Waals surface area contributed by atoms with Crippen molar-refractivity contribution in [1.29, 1.82) is 0 Å². The van der Waals surface area contributed by atoms with E-state index in [1.807, 2.05) is 13.8 Å². The Labute approximate surface area is 113 Å². The minimum atomic E-state index is -3.53. The first-order valence-electron chi connectivity index (χ1n) is 6.24. The first kappa shape index (κ1) is 14.5. The average molecular weight is 286 g/mol. The molecule has 1 atom stereocenters. The summed E-state index contributed by atoms with van der Waals surface area (Å²) in [6.45, 7) is 7.34. The Morgan fingerprint density at radius 3 is 2.11 bits per heavy atom. The lowest BCUT2D eigenvalue weighted by Crippen LogP contribution is -2.38. The van der Waals surface area contributed by atoms with Crippen molar-refractivity contribution < 1.29 is 17.5 Å². The number of benzene rings is 1. The molecular weight excluding hydrogens is 267 g/mol. The molecule has 0 aliphatic carbocycles. The highest BCUT2D eigenvalue weighted by molar-refractivity contribution is 7.92. The van der Waals surface area contributed by atoms with Gasteiger partial charge >= 0.3 is 0 Å². The van der Waals surface area contributed by atoms with Gasteiger partial charge in [0, 0.05) is 0 Å². The van der Waals surface area contributed by atoms with Gasteiger partial charge < -0.3 is 4.74 Å². The van der Waals surface area contributed by atoms with Crippen LogP contribution >= 0.6 is 0 Å². The van der Waals surface area contributed by atoms with Crippen LogP contribution in [0.4, 0.5) is 4.39 Å². The van der Waals surface area contributed by atoms with E-state index in [-0.39, 0.29) is 4.90 Å². The highest BCUT2D eigenvalue weighted by atomic mass is 32.2. The van der Waals surface area contributed by atoms with Gasteiger partial charge in [0.05, 0.1) is 21.3 Å². The summed E-state index contributed by atoms with van der Waals surface area (Å²) < 4.78 is 44.0. The number of sulfone groups is 1. The second-order valence-corrected chi connectivity index (χ2v) is 8.29. The summed E-state index contributed by atoms with van der Waals surface area (Å²) in [5.41, 5.74) is -1.22. The molecule has 0 aromatic heterocycles. The zero-order valence-corrected chi connectivity index (χ0v) is 12.4. The first-order valence-corrected chi connectivity index (χ1v) is 7.79. The quantitative estimate of drug-likeness (QED) is 0.785. The maximum absolute atomic E-state index is 12.9. The van der Waals surface area contributed by atoms with Gasteiger partial charge in [0.25, 0.3) is 0 Å². The minimum absolute atomic E-state index is 0.147. The monoisotopic (exact) mass is 286 g/mol. The van der Waals surface area contributed by atoms with Gasteiger partial charge in [-0.3, -0.25) is 0 Å². The van der Waals surface area contributed by atoms with Crippen molar-refractivity contribution in [2.45, 2.75) is 55.5 Å². The molecule has 0 amide bonds. The molecule has 1 heterocycles. The van der Waals surface area contributed by atoms with Crippen molar-refractivity contribution >= 4 is 9.84 Å². The number of halogens is 1. The van der Waals surface area contributed by atoms with Crippen molar-refractivity contribution in [2.24, 2.45) is 0 Å². The molecule has 0 bridgehead atoms. The normalized spacial score (nSPS) is 25.4. The molecule has 106 valence electrons. The smallest absolute Gasteiger partial charge is 0.184 e. The van der Waals surface area contributed by atoms with Crippen molar-refractivity contribution in [3.05, 3.63) is 30.1 Å². The van der Waals surface area contributed by atoms with E-state index in [1.165, 1.54) is 24.3 Å². The van der Waals surface area contributed by atoms with E-state index in [4.69, 9.17) is 4.74 Å². The predicted molar refractivity (Wildman–Crippen MR) is 71.2 cm³/mol. The van der Waals surface area contributed by atoms with Crippen LogP contribution in [0.5, 0.6) is 0 Å². The summed E-state index contributed by atoms with van der Waals surface area (Å²) in [6.07, 6.45) is 0.430. The summed E-state index contributed by atoms with van der Waals surface area (Å²) in [7, 11) is -3.53. The van der Waals surface area contributed by atoms with E-state index in [2.05, 4.69) is 0 Å². The van der Waals surface area contributed by atoms with E-state index in [1.54, 1.807) is 13.8 Å². The standard InChI is InChI=1S/C14H19FO3S/c1-13(2)9-12(14(3,4)18-13)19(16,17)11-7-5-10(15)6-8-11/h5-8,12H,9H2,1-4H3. The van der Waals surface area contributed by atoms with Crippen LogP contribution in [0.2, 0.25) is 0 Å². The Hall–Kier alpha value is -0.940. The van der Waals surface area contributed by atoms with Crippen molar-refractivity contribution in [2.75, 3.05) is 0 Å². The first-order chi connectivity index (χ1) is 8.55. The molecule has 0 radical (unpaired) electrons. The molecule has 1 aromatic rings. The Morgan fingerprint density at radius 1 is 1.16 bits per heavy atom. The van der Waals surface area contributed by atoms with Gasteiger partial charge in [0.1, 0.15) is 5.82 Å². The Morgan fingerprint density at radius 2 is 1.68 bits per heavy atom. The third-order valence-corrected chi connectivity index (χ3v) is 5.92. The second kappa shape index (κ2) is 4.28.